The van der Waals surface area contributed by atoms with Crippen molar-refractivity contribution < 1.29 is 13.2 Å². The highest BCUT2D eigenvalue weighted by Gasteiger charge is 2.27. The van der Waals surface area contributed by atoms with Crippen molar-refractivity contribution in [2.24, 2.45) is 0 Å². The summed E-state index contributed by atoms with van der Waals surface area (Å²) in [6.45, 7) is 0. The Morgan fingerprint density at radius 2 is 1.70 bits per heavy atom. The molecule has 0 atom stereocenters. The molecule has 2 aromatic carbocycles. The number of nitrogens with zero attached hydrogens (tertiary/aromatic N) is 3. The zero-order valence-corrected chi connectivity index (χ0v) is 15.6. The molecule has 0 aliphatic rings. The number of rotatable bonds is 5. The molecule has 0 aliphatic heterocycles. The number of carbonyl (C=O) groups excluding carboxylic acids is 1. The lowest BCUT2D eigenvalue weighted by molar-refractivity contribution is 0.103. The van der Waals surface area contributed by atoms with Crippen LogP contribution in [0.1, 0.15) is 10.5 Å². The van der Waals surface area contributed by atoms with Gasteiger partial charge in [-0.2, -0.15) is 5.26 Å². The molecule has 0 radical (unpaired) electrons. The van der Waals surface area contributed by atoms with E-state index in [0.717, 1.165) is 3.97 Å². The number of ketones is 1. The van der Waals surface area contributed by atoms with E-state index >= 15 is 0 Å². The van der Waals surface area contributed by atoms with E-state index in [1.54, 1.807) is 61.5 Å². The van der Waals surface area contributed by atoms with Crippen molar-refractivity contribution in [1.82, 2.24) is 8.87 Å². The fourth-order valence-corrected chi connectivity index (χ4v) is 4.31. The fourth-order valence-electron chi connectivity index (χ4n) is 2.78. The SMILES string of the molecule is CN(C)/C=C(\C#N)C(=O)c1cc2ccccc2n1S(=O)(=O)c1ccccc1. The number of hydrogen-bond acceptors (Lipinski definition) is 5. The first kappa shape index (κ1) is 18.4. The number of para-hydroxylation sites is 1. The van der Waals surface area contributed by atoms with Crippen molar-refractivity contribution in [1.29, 1.82) is 5.26 Å². The van der Waals surface area contributed by atoms with Crippen molar-refractivity contribution in [3.05, 3.63) is 78.1 Å². The van der Waals surface area contributed by atoms with Crippen LogP contribution in [0.5, 0.6) is 0 Å². The number of hydrogen-bond donors (Lipinski definition) is 0. The molecule has 0 unspecified atom stereocenters. The first-order chi connectivity index (χ1) is 12.9. The molecule has 136 valence electrons. The molecule has 0 N–H and O–H groups in total. The lowest BCUT2D eigenvalue weighted by Crippen LogP contribution is -2.20. The molecule has 1 aromatic heterocycles. The van der Waals surface area contributed by atoms with Crippen molar-refractivity contribution in [2.75, 3.05) is 14.1 Å². The topological polar surface area (TPSA) is 83.2 Å². The van der Waals surface area contributed by atoms with Gasteiger partial charge in [0.25, 0.3) is 10.0 Å². The van der Waals surface area contributed by atoms with Gasteiger partial charge in [-0.3, -0.25) is 4.79 Å². The predicted molar refractivity (Wildman–Crippen MR) is 103 cm³/mol. The smallest absolute Gasteiger partial charge is 0.268 e. The molecule has 0 aliphatic carbocycles. The van der Waals surface area contributed by atoms with Crippen LogP contribution in [0, 0.1) is 11.3 Å². The summed E-state index contributed by atoms with van der Waals surface area (Å²) in [5.41, 5.74) is 0.161. The van der Waals surface area contributed by atoms with Crippen LogP contribution < -0.4 is 0 Å². The van der Waals surface area contributed by atoms with Crippen LogP contribution in [-0.2, 0) is 10.0 Å². The quantitative estimate of drug-likeness (QED) is 0.387. The lowest BCUT2D eigenvalue weighted by atomic mass is 10.1. The van der Waals surface area contributed by atoms with Crippen molar-refractivity contribution in [3.8, 4) is 6.07 Å². The van der Waals surface area contributed by atoms with Gasteiger partial charge in [0.05, 0.1) is 10.4 Å². The van der Waals surface area contributed by atoms with Gasteiger partial charge in [-0.25, -0.2) is 12.4 Å². The maximum absolute atomic E-state index is 13.3. The van der Waals surface area contributed by atoms with Crippen LogP contribution in [0.15, 0.2) is 77.3 Å². The summed E-state index contributed by atoms with van der Waals surface area (Å²) >= 11 is 0. The summed E-state index contributed by atoms with van der Waals surface area (Å²) in [5.74, 6) is -0.651. The second-order valence-corrected chi connectivity index (χ2v) is 7.90. The largest absolute Gasteiger partial charge is 0.382 e. The molecule has 1 heterocycles. The third-order valence-corrected chi connectivity index (χ3v) is 5.68. The van der Waals surface area contributed by atoms with Crippen LogP contribution >= 0.6 is 0 Å². The molecule has 0 amide bonds. The Morgan fingerprint density at radius 1 is 1.07 bits per heavy atom. The summed E-state index contributed by atoms with van der Waals surface area (Å²) in [5, 5.41) is 9.97. The van der Waals surface area contributed by atoms with Crippen LogP contribution in [0.4, 0.5) is 0 Å². The van der Waals surface area contributed by atoms with E-state index in [-0.39, 0.29) is 16.2 Å². The fraction of sp³-hybridized carbons (Fsp3) is 0.100. The van der Waals surface area contributed by atoms with E-state index in [1.165, 1.54) is 24.4 Å². The Hall–Kier alpha value is -3.37. The van der Waals surface area contributed by atoms with E-state index in [2.05, 4.69) is 0 Å². The van der Waals surface area contributed by atoms with Gasteiger partial charge in [0.15, 0.2) is 0 Å². The molecule has 0 spiro atoms. The average Bonchev–Trinajstić information content (AvgIpc) is 3.06. The summed E-state index contributed by atoms with van der Waals surface area (Å²) < 4.78 is 27.5. The molecule has 0 saturated carbocycles. The van der Waals surface area contributed by atoms with Gasteiger partial charge in [-0.1, -0.05) is 36.4 Å². The molecular formula is C20H17N3O3S. The van der Waals surface area contributed by atoms with Gasteiger partial charge in [0, 0.05) is 25.7 Å². The lowest BCUT2D eigenvalue weighted by Gasteiger charge is -2.12. The number of allylic oxidation sites excluding steroid dienone is 1. The van der Waals surface area contributed by atoms with E-state index in [0.29, 0.717) is 10.9 Å². The number of carbonyl (C=O) groups is 1. The number of Topliss-reactive ketones (excluding diaryl/α,β-unsaturated/α-hetero) is 1. The number of fused-ring (bicyclic) bond motifs is 1. The second kappa shape index (κ2) is 7.09. The van der Waals surface area contributed by atoms with E-state index in [9.17, 15) is 18.5 Å². The Kier molecular flexibility index (Phi) is 4.84. The Labute approximate surface area is 157 Å². The molecular weight excluding hydrogens is 362 g/mol. The monoisotopic (exact) mass is 379 g/mol. The Bertz CT molecular complexity index is 1180. The minimum atomic E-state index is -4.02. The minimum absolute atomic E-state index is 0.0653. The van der Waals surface area contributed by atoms with E-state index < -0.39 is 15.8 Å². The molecule has 3 aromatic rings. The Balaban J connectivity index is 2.32. The van der Waals surface area contributed by atoms with Gasteiger partial charge < -0.3 is 4.90 Å². The normalized spacial score (nSPS) is 12.0. The highest BCUT2D eigenvalue weighted by molar-refractivity contribution is 7.90. The van der Waals surface area contributed by atoms with Gasteiger partial charge in [-0.15, -0.1) is 0 Å². The summed E-state index contributed by atoms with van der Waals surface area (Å²) in [6.07, 6.45) is 1.37. The first-order valence-corrected chi connectivity index (χ1v) is 9.54. The average molecular weight is 379 g/mol. The number of benzene rings is 2. The number of aromatic nitrogens is 1. The van der Waals surface area contributed by atoms with E-state index in [4.69, 9.17) is 0 Å². The number of nitriles is 1. The summed E-state index contributed by atoms with van der Waals surface area (Å²) in [7, 11) is -0.660. The second-order valence-electron chi connectivity index (χ2n) is 6.12. The predicted octanol–water partition coefficient (Wildman–Crippen LogP) is 3.03. The van der Waals surface area contributed by atoms with Gasteiger partial charge >= 0.3 is 0 Å². The van der Waals surface area contributed by atoms with Gasteiger partial charge in [0.1, 0.15) is 17.3 Å². The molecule has 0 bridgehead atoms. The third-order valence-electron chi connectivity index (χ3n) is 3.93. The zero-order chi connectivity index (χ0) is 19.6. The van der Waals surface area contributed by atoms with Crippen LogP contribution in [0.2, 0.25) is 0 Å². The van der Waals surface area contributed by atoms with Crippen molar-refractivity contribution in [2.45, 2.75) is 4.90 Å². The first-order valence-electron chi connectivity index (χ1n) is 8.10. The zero-order valence-electron chi connectivity index (χ0n) is 14.8. The standard InChI is InChI=1S/C20H17N3O3S/c1-22(2)14-16(13-21)20(24)19-12-15-8-6-7-11-18(15)23(19)27(25,26)17-9-4-3-5-10-17/h3-12,14H,1-2H3/b16-14+. The highest BCUT2D eigenvalue weighted by Crippen LogP contribution is 2.27. The van der Waals surface area contributed by atoms with E-state index in [1.807, 2.05) is 6.07 Å². The highest BCUT2D eigenvalue weighted by atomic mass is 32.2. The molecule has 7 heteroatoms. The van der Waals surface area contributed by atoms with Crippen LogP contribution in [0.25, 0.3) is 10.9 Å². The maximum atomic E-state index is 13.3. The summed E-state index contributed by atoms with van der Waals surface area (Å²) in [6, 6.07) is 18.1. The molecule has 0 fully saturated rings. The van der Waals surface area contributed by atoms with Gasteiger partial charge in [0.2, 0.25) is 5.78 Å². The van der Waals surface area contributed by atoms with Crippen molar-refractivity contribution >= 4 is 26.7 Å². The molecule has 3 rings (SSSR count). The third kappa shape index (κ3) is 3.35. The molecule has 0 saturated heterocycles. The Morgan fingerprint density at radius 3 is 2.33 bits per heavy atom. The molecule has 6 nitrogen and oxygen atoms in total. The van der Waals surface area contributed by atoms with Crippen LogP contribution in [0.3, 0.4) is 0 Å². The summed E-state index contributed by atoms with van der Waals surface area (Å²) in [4.78, 5) is 14.6. The minimum Gasteiger partial charge on any atom is -0.382 e. The maximum Gasteiger partial charge on any atom is 0.268 e. The van der Waals surface area contributed by atoms with Crippen molar-refractivity contribution in [3.63, 3.8) is 0 Å². The molecule has 27 heavy (non-hydrogen) atoms. The van der Waals surface area contributed by atoms with Crippen LogP contribution in [-0.4, -0.2) is 37.2 Å². The van der Waals surface area contributed by atoms with Gasteiger partial charge in [-0.05, 0) is 24.3 Å².